The van der Waals surface area contributed by atoms with Crippen molar-refractivity contribution < 1.29 is 14.3 Å². The van der Waals surface area contributed by atoms with E-state index in [0.717, 1.165) is 24.9 Å². The quantitative estimate of drug-likeness (QED) is 0.589. The van der Waals surface area contributed by atoms with Gasteiger partial charge in [0.05, 0.1) is 24.3 Å². The molecule has 2 heterocycles. The van der Waals surface area contributed by atoms with Gasteiger partial charge in [-0.2, -0.15) is 0 Å². The van der Waals surface area contributed by atoms with Gasteiger partial charge in [-0.3, -0.25) is 4.79 Å². The van der Waals surface area contributed by atoms with Crippen LogP contribution in [0.1, 0.15) is 43.2 Å². The zero-order chi connectivity index (χ0) is 19.4. The van der Waals surface area contributed by atoms with Crippen LogP contribution in [-0.2, 0) is 4.79 Å². The Hall–Kier alpha value is -1.98. The number of hydrogen-bond acceptors (Lipinski definition) is 4. The number of amides is 1. The van der Waals surface area contributed by atoms with Crippen LogP contribution in [0, 0.1) is 0 Å². The van der Waals surface area contributed by atoms with Crippen LogP contribution >= 0.6 is 22.9 Å². The highest BCUT2D eigenvalue weighted by Gasteiger charge is 2.29. The van der Waals surface area contributed by atoms with Crippen molar-refractivity contribution in [2.24, 2.45) is 0 Å². The Morgan fingerprint density at radius 2 is 2.22 bits per heavy atom. The number of thiophene rings is 1. The Balaban J connectivity index is 1.77. The molecule has 0 radical (unpaired) electrons. The first kappa shape index (κ1) is 19.8. The average Bonchev–Trinajstić information content (AvgIpc) is 3.32. The number of halogens is 1. The van der Waals surface area contributed by atoms with Crippen molar-refractivity contribution >= 4 is 34.9 Å². The van der Waals surface area contributed by atoms with Gasteiger partial charge in [-0.1, -0.05) is 17.7 Å². The van der Waals surface area contributed by atoms with Gasteiger partial charge in [-0.05, 0) is 61.9 Å². The summed E-state index contributed by atoms with van der Waals surface area (Å²) in [7, 11) is 1.58. The highest BCUT2D eigenvalue weighted by molar-refractivity contribution is 7.10. The molecule has 4 nitrogen and oxygen atoms in total. The molecule has 0 aliphatic carbocycles. The van der Waals surface area contributed by atoms with E-state index < -0.39 is 0 Å². The molecular weight excluding hydrogens is 382 g/mol. The summed E-state index contributed by atoms with van der Waals surface area (Å²) in [5.41, 5.74) is 0.799. The highest BCUT2D eigenvalue weighted by atomic mass is 35.5. The van der Waals surface area contributed by atoms with E-state index in [2.05, 4.69) is 11.4 Å². The number of carbonyl (C=O) groups excluding carboxylic acids is 1. The molecule has 1 atom stereocenters. The number of ether oxygens (including phenoxy) is 2. The summed E-state index contributed by atoms with van der Waals surface area (Å²) in [6, 6.07) is 7.93. The molecule has 1 aliphatic rings. The predicted octanol–water partition coefficient (Wildman–Crippen LogP) is 5.57. The molecule has 0 bridgehead atoms. The molecule has 1 fully saturated rings. The first-order valence-electron chi connectivity index (χ1n) is 9.06. The molecule has 1 aromatic heterocycles. The van der Waals surface area contributed by atoms with E-state index in [4.69, 9.17) is 21.1 Å². The molecule has 0 N–H and O–H groups in total. The Morgan fingerprint density at radius 3 is 2.89 bits per heavy atom. The van der Waals surface area contributed by atoms with Crippen molar-refractivity contribution in [3.05, 3.63) is 51.2 Å². The molecule has 1 aliphatic heterocycles. The summed E-state index contributed by atoms with van der Waals surface area (Å²) < 4.78 is 11.1. The van der Waals surface area contributed by atoms with E-state index in [1.807, 2.05) is 30.9 Å². The lowest BCUT2D eigenvalue weighted by atomic mass is 10.1. The lowest BCUT2D eigenvalue weighted by Crippen LogP contribution is -2.28. The minimum Gasteiger partial charge on any atom is -0.493 e. The monoisotopic (exact) mass is 405 g/mol. The largest absolute Gasteiger partial charge is 0.493 e. The lowest BCUT2D eigenvalue weighted by molar-refractivity contribution is -0.126. The van der Waals surface area contributed by atoms with Gasteiger partial charge in [-0.25, -0.2) is 0 Å². The zero-order valence-corrected chi connectivity index (χ0v) is 17.3. The smallest absolute Gasteiger partial charge is 0.247 e. The van der Waals surface area contributed by atoms with Gasteiger partial charge in [0.2, 0.25) is 5.91 Å². The van der Waals surface area contributed by atoms with Crippen LogP contribution in [0.4, 0.5) is 0 Å². The van der Waals surface area contributed by atoms with Crippen molar-refractivity contribution in [3.8, 4) is 11.5 Å². The van der Waals surface area contributed by atoms with Gasteiger partial charge < -0.3 is 14.4 Å². The van der Waals surface area contributed by atoms with Crippen LogP contribution in [0.5, 0.6) is 11.5 Å². The van der Waals surface area contributed by atoms with E-state index in [1.165, 1.54) is 4.88 Å². The fraction of sp³-hybridized carbons (Fsp3) is 0.381. The van der Waals surface area contributed by atoms with Gasteiger partial charge in [-0.15, -0.1) is 11.3 Å². The molecule has 0 saturated carbocycles. The molecule has 1 aromatic carbocycles. The molecule has 1 amide bonds. The average molecular weight is 406 g/mol. The van der Waals surface area contributed by atoms with Crippen molar-refractivity contribution in [2.45, 2.75) is 38.8 Å². The summed E-state index contributed by atoms with van der Waals surface area (Å²) in [5, 5.41) is 2.52. The van der Waals surface area contributed by atoms with E-state index in [9.17, 15) is 4.79 Å². The van der Waals surface area contributed by atoms with Crippen LogP contribution in [0.25, 0.3) is 6.08 Å². The summed E-state index contributed by atoms with van der Waals surface area (Å²) in [6.45, 7) is 4.65. The summed E-state index contributed by atoms with van der Waals surface area (Å²) in [5.74, 6) is 1.10. The number of nitrogens with zero attached hydrogens (tertiary/aromatic N) is 1. The SMILES string of the molecule is COc1cc(/C=C/C(=O)N2CCCC2c2cccs2)cc(Cl)c1OC(C)C. The molecule has 144 valence electrons. The van der Waals surface area contributed by atoms with Crippen molar-refractivity contribution in [2.75, 3.05) is 13.7 Å². The number of hydrogen-bond donors (Lipinski definition) is 0. The number of likely N-dealkylation sites (tertiary alicyclic amines) is 1. The second-order valence-electron chi connectivity index (χ2n) is 6.74. The van der Waals surface area contributed by atoms with Crippen molar-refractivity contribution in [3.63, 3.8) is 0 Å². The minimum absolute atomic E-state index is 0.0104. The topological polar surface area (TPSA) is 38.8 Å². The predicted molar refractivity (Wildman–Crippen MR) is 111 cm³/mol. The van der Waals surface area contributed by atoms with Gasteiger partial charge in [0.1, 0.15) is 0 Å². The first-order valence-corrected chi connectivity index (χ1v) is 10.3. The number of carbonyl (C=O) groups is 1. The van der Waals surface area contributed by atoms with E-state index in [0.29, 0.717) is 16.5 Å². The standard InChI is InChI=1S/C21H24ClNO3S/c1-14(2)26-21-16(22)12-15(13-18(21)25-3)8-9-20(24)23-10-4-6-17(23)19-7-5-11-27-19/h5,7-9,11-14,17H,4,6,10H2,1-3H3/b9-8+. The molecule has 1 saturated heterocycles. The molecule has 27 heavy (non-hydrogen) atoms. The van der Waals surface area contributed by atoms with Crippen LogP contribution in [-0.4, -0.2) is 30.6 Å². The Morgan fingerprint density at radius 1 is 1.41 bits per heavy atom. The van der Waals surface area contributed by atoms with Crippen molar-refractivity contribution in [1.29, 1.82) is 0 Å². The number of benzene rings is 1. The minimum atomic E-state index is -0.0104. The maximum absolute atomic E-state index is 12.7. The van der Waals surface area contributed by atoms with Crippen LogP contribution in [0.3, 0.4) is 0 Å². The zero-order valence-electron chi connectivity index (χ0n) is 15.8. The third-order valence-electron chi connectivity index (χ3n) is 4.43. The molecule has 1 unspecified atom stereocenters. The summed E-state index contributed by atoms with van der Waals surface area (Å²) >= 11 is 8.06. The lowest BCUT2D eigenvalue weighted by Gasteiger charge is -2.22. The molecule has 0 spiro atoms. The van der Waals surface area contributed by atoms with Crippen LogP contribution < -0.4 is 9.47 Å². The normalized spacial score (nSPS) is 17.1. The van der Waals surface area contributed by atoms with E-state index >= 15 is 0 Å². The van der Waals surface area contributed by atoms with Crippen LogP contribution in [0.15, 0.2) is 35.7 Å². The summed E-state index contributed by atoms with van der Waals surface area (Å²) in [4.78, 5) is 15.9. The van der Waals surface area contributed by atoms with Gasteiger partial charge in [0.25, 0.3) is 0 Å². The third kappa shape index (κ3) is 4.66. The number of methoxy groups -OCH3 is 1. The van der Waals surface area contributed by atoms with E-state index in [1.54, 1.807) is 36.7 Å². The Bertz CT molecular complexity index is 817. The maximum Gasteiger partial charge on any atom is 0.247 e. The number of rotatable bonds is 6. The van der Waals surface area contributed by atoms with Gasteiger partial charge in [0, 0.05) is 17.5 Å². The maximum atomic E-state index is 12.7. The van der Waals surface area contributed by atoms with E-state index in [-0.39, 0.29) is 18.1 Å². The molecule has 2 aromatic rings. The van der Waals surface area contributed by atoms with Gasteiger partial charge in [0.15, 0.2) is 11.5 Å². The fourth-order valence-corrected chi connectivity index (χ4v) is 4.39. The fourth-order valence-electron chi connectivity index (χ4n) is 3.26. The highest BCUT2D eigenvalue weighted by Crippen LogP contribution is 2.38. The Labute approximate surface area is 169 Å². The van der Waals surface area contributed by atoms with Crippen molar-refractivity contribution in [1.82, 2.24) is 4.90 Å². The second-order valence-corrected chi connectivity index (χ2v) is 8.13. The summed E-state index contributed by atoms with van der Waals surface area (Å²) in [6.07, 6.45) is 5.42. The van der Waals surface area contributed by atoms with Crippen LogP contribution in [0.2, 0.25) is 5.02 Å². The Kier molecular flexibility index (Phi) is 6.45. The molecule has 3 rings (SSSR count). The molecule has 6 heteroatoms. The first-order chi connectivity index (χ1) is 13.0. The third-order valence-corrected chi connectivity index (χ3v) is 5.69. The second kappa shape index (κ2) is 8.81. The van der Waals surface area contributed by atoms with Gasteiger partial charge >= 0.3 is 0 Å². The molecular formula is C21H24ClNO3S.